The number of rotatable bonds is 5. The lowest BCUT2D eigenvalue weighted by molar-refractivity contribution is -0.387. The molecule has 11 heteroatoms. The monoisotopic (exact) mass is 359 g/mol. The number of aliphatic hydroxyl groups excluding tert-OH is 4. The Bertz CT molecular complexity index is 648. The number of nitrogens with zero attached hydrogens (tertiary/aromatic N) is 1. The SMILES string of the molecule is COC(=O)c1ccc(O[C@@H]2OC(CO)[C@@H](O)[C@H](O)C2O)c([N+](=O)[O-])c1. The van der Waals surface area contributed by atoms with Gasteiger partial charge in [0.25, 0.3) is 0 Å². The Hall–Kier alpha value is -2.31. The van der Waals surface area contributed by atoms with Crippen molar-refractivity contribution >= 4 is 11.7 Å². The Morgan fingerprint density at radius 3 is 2.52 bits per heavy atom. The summed E-state index contributed by atoms with van der Waals surface area (Å²) in [5.41, 5.74) is -0.685. The van der Waals surface area contributed by atoms with Gasteiger partial charge in [-0.2, -0.15) is 0 Å². The molecule has 0 aliphatic carbocycles. The van der Waals surface area contributed by atoms with Crippen LogP contribution in [0.3, 0.4) is 0 Å². The molecule has 1 heterocycles. The number of benzene rings is 1. The molecular formula is C14H17NO10. The molecule has 5 atom stereocenters. The average Bonchev–Trinajstić information content (AvgIpc) is 2.61. The molecule has 2 rings (SSSR count). The van der Waals surface area contributed by atoms with Gasteiger partial charge in [0, 0.05) is 6.07 Å². The van der Waals surface area contributed by atoms with Gasteiger partial charge in [-0.25, -0.2) is 4.79 Å². The van der Waals surface area contributed by atoms with E-state index in [4.69, 9.17) is 14.6 Å². The van der Waals surface area contributed by atoms with E-state index in [2.05, 4.69) is 4.74 Å². The van der Waals surface area contributed by atoms with Crippen LogP contribution in [0.1, 0.15) is 10.4 Å². The molecule has 2 unspecified atom stereocenters. The molecule has 0 amide bonds. The average molecular weight is 359 g/mol. The van der Waals surface area contributed by atoms with E-state index < -0.39 is 53.9 Å². The summed E-state index contributed by atoms with van der Waals surface area (Å²) in [6, 6.07) is 3.23. The molecule has 138 valence electrons. The van der Waals surface area contributed by atoms with E-state index in [1.807, 2.05) is 0 Å². The van der Waals surface area contributed by atoms with E-state index in [-0.39, 0.29) is 11.3 Å². The smallest absolute Gasteiger partial charge is 0.338 e. The number of nitro benzene ring substituents is 1. The highest BCUT2D eigenvalue weighted by Crippen LogP contribution is 2.32. The molecule has 25 heavy (non-hydrogen) atoms. The molecule has 1 aliphatic heterocycles. The van der Waals surface area contributed by atoms with Crippen LogP contribution in [0.2, 0.25) is 0 Å². The molecular weight excluding hydrogens is 342 g/mol. The fraction of sp³-hybridized carbons (Fsp3) is 0.500. The zero-order valence-electron chi connectivity index (χ0n) is 13.0. The zero-order chi connectivity index (χ0) is 18.7. The maximum absolute atomic E-state index is 11.5. The third-order valence-electron chi connectivity index (χ3n) is 3.67. The van der Waals surface area contributed by atoms with Crippen molar-refractivity contribution < 1.29 is 44.4 Å². The normalized spacial score (nSPS) is 29.1. The van der Waals surface area contributed by atoms with Gasteiger partial charge in [0.2, 0.25) is 6.29 Å². The van der Waals surface area contributed by atoms with E-state index >= 15 is 0 Å². The number of ether oxygens (including phenoxy) is 3. The molecule has 0 spiro atoms. The lowest BCUT2D eigenvalue weighted by atomic mass is 9.99. The highest BCUT2D eigenvalue weighted by molar-refractivity contribution is 5.90. The fourth-order valence-corrected chi connectivity index (χ4v) is 2.29. The lowest BCUT2D eigenvalue weighted by Gasteiger charge is -2.39. The molecule has 0 saturated carbocycles. The zero-order valence-corrected chi connectivity index (χ0v) is 13.0. The van der Waals surface area contributed by atoms with Crippen molar-refractivity contribution in [3.63, 3.8) is 0 Å². The Balaban J connectivity index is 2.29. The van der Waals surface area contributed by atoms with Crippen molar-refractivity contribution in [2.75, 3.05) is 13.7 Å². The Morgan fingerprint density at radius 1 is 1.28 bits per heavy atom. The van der Waals surface area contributed by atoms with Crippen LogP contribution in [0.25, 0.3) is 0 Å². The Labute approximate surface area is 141 Å². The van der Waals surface area contributed by atoms with E-state index in [1.54, 1.807) is 0 Å². The number of carbonyl (C=O) groups is 1. The molecule has 4 N–H and O–H groups in total. The van der Waals surface area contributed by atoms with Crippen LogP contribution in [0, 0.1) is 10.1 Å². The van der Waals surface area contributed by atoms with E-state index in [0.29, 0.717) is 0 Å². The lowest BCUT2D eigenvalue weighted by Crippen LogP contribution is -2.60. The standard InChI is InChI=1S/C14H17NO10/c1-23-13(20)6-2-3-8(7(4-6)15(21)22)24-14-12(19)11(18)10(17)9(5-16)25-14/h2-4,9-12,14,16-19H,5H2,1H3/t9?,10-,11+,12?,14-/m1/s1. The summed E-state index contributed by atoms with van der Waals surface area (Å²) in [6.45, 7) is -0.672. The number of carbonyl (C=O) groups excluding carboxylic acids is 1. The first-order valence-electron chi connectivity index (χ1n) is 7.14. The van der Waals surface area contributed by atoms with Crippen molar-refractivity contribution in [2.24, 2.45) is 0 Å². The number of methoxy groups -OCH3 is 1. The number of hydrogen-bond donors (Lipinski definition) is 4. The maximum atomic E-state index is 11.5. The number of nitro groups is 1. The summed E-state index contributed by atoms with van der Waals surface area (Å²) in [5, 5.41) is 49.6. The minimum absolute atomic E-state index is 0.0876. The summed E-state index contributed by atoms with van der Waals surface area (Å²) in [4.78, 5) is 21.8. The minimum atomic E-state index is -1.72. The highest BCUT2D eigenvalue weighted by atomic mass is 16.7. The largest absolute Gasteiger partial charge is 0.465 e. The van der Waals surface area contributed by atoms with Gasteiger partial charge in [0.05, 0.1) is 24.2 Å². The molecule has 11 nitrogen and oxygen atoms in total. The van der Waals surface area contributed by atoms with E-state index in [0.717, 1.165) is 19.2 Å². The van der Waals surface area contributed by atoms with Crippen LogP contribution < -0.4 is 4.74 Å². The third-order valence-corrected chi connectivity index (χ3v) is 3.67. The van der Waals surface area contributed by atoms with E-state index in [1.165, 1.54) is 6.07 Å². The molecule has 1 fully saturated rings. The van der Waals surface area contributed by atoms with Crippen molar-refractivity contribution in [3.8, 4) is 5.75 Å². The highest BCUT2D eigenvalue weighted by Gasteiger charge is 2.45. The number of esters is 1. The van der Waals surface area contributed by atoms with Gasteiger partial charge in [-0.15, -0.1) is 0 Å². The molecule has 1 aromatic carbocycles. The topological polar surface area (TPSA) is 169 Å². The van der Waals surface area contributed by atoms with Crippen LogP contribution in [0.4, 0.5) is 5.69 Å². The Kier molecular flexibility index (Phi) is 5.87. The summed E-state index contributed by atoms with van der Waals surface area (Å²) in [7, 11) is 1.12. The first-order valence-corrected chi connectivity index (χ1v) is 7.14. The van der Waals surface area contributed by atoms with Crippen LogP contribution in [-0.2, 0) is 9.47 Å². The van der Waals surface area contributed by atoms with Gasteiger partial charge in [0.1, 0.15) is 24.4 Å². The quantitative estimate of drug-likeness (QED) is 0.277. The second-order valence-corrected chi connectivity index (χ2v) is 5.25. The third kappa shape index (κ3) is 3.86. The molecule has 0 aromatic heterocycles. The number of aliphatic hydroxyl groups is 4. The van der Waals surface area contributed by atoms with Crippen molar-refractivity contribution in [1.29, 1.82) is 0 Å². The van der Waals surface area contributed by atoms with Gasteiger partial charge >= 0.3 is 11.7 Å². The minimum Gasteiger partial charge on any atom is -0.465 e. The summed E-state index contributed by atoms with van der Waals surface area (Å²) < 4.78 is 14.8. The van der Waals surface area contributed by atoms with Gasteiger partial charge in [-0.3, -0.25) is 10.1 Å². The molecule has 0 bridgehead atoms. The second kappa shape index (κ2) is 7.72. The van der Waals surface area contributed by atoms with E-state index in [9.17, 15) is 30.2 Å². The molecule has 1 aliphatic rings. The first-order chi connectivity index (χ1) is 11.8. The van der Waals surface area contributed by atoms with Crippen LogP contribution in [-0.4, -0.2) is 75.7 Å². The molecule has 1 saturated heterocycles. The summed E-state index contributed by atoms with van der Waals surface area (Å²) >= 11 is 0. The van der Waals surface area contributed by atoms with Gasteiger partial charge in [-0.1, -0.05) is 0 Å². The van der Waals surface area contributed by atoms with Crippen LogP contribution in [0.5, 0.6) is 5.75 Å². The summed E-state index contributed by atoms with van der Waals surface area (Å²) in [6.07, 6.45) is -7.81. The molecule has 1 aromatic rings. The van der Waals surface area contributed by atoms with Gasteiger partial charge in [-0.05, 0) is 12.1 Å². The Morgan fingerprint density at radius 2 is 1.96 bits per heavy atom. The number of hydrogen-bond acceptors (Lipinski definition) is 10. The predicted octanol–water partition coefficient (Wildman–Crippen LogP) is -1.44. The van der Waals surface area contributed by atoms with Crippen molar-refractivity contribution in [1.82, 2.24) is 0 Å². The van der Waals surface area contributed by atoms with Crippen LogP contribution >= 0.6 is 0 Å². The van der Waals surface area contributed by atoms with Crippen molar-refractivity contribution in [3.05, 3.63) is 33.9 Å². The first kappa shape index (κ1) is 19.0. The second-order valence-electron chi connectivity index (χ2n) is 5.25. The van der Waals surface area contributed by atoms with Crippen molar-refractivity contribution in [2.45, 2.75) is 30.7 Å². The van der Waals surface area contributed by atoms with Gasteiger partial charge < -0.3 is 34.6 Å². The summed E-state index contributed by atoms with van der Waals surface area (Å²) in [5.74, 6) is -1.13. The molecule has 0 radical (unpaired) electrons. The van der Waals surface area contributed by atoms with Gasteiger partial charge in [0.15, 0.2) is 5.75 Å². The van der Waals surface area contributed by atoms with Crippen LogP contribution in [0.15, 0.2) is 18.2 Å². The predicted molar refractivity (Wildman–Crippen MR) is 78.8 cm³/mol. The fourth-order valence-electron chi connectivity index (χ4n) is 2.29. The maximum Gasteiger partial charge on any atom is 0.338 e.